The third-order valence-corrected chi connectivity index (χ3v) is 5.61. The Hall–Kier alpha value is -2.13. The predicted octanol–water partition coefficient (Wildman–Crippen LogP) is 5.15. The van der Waals surface area contributed by atoms with Crippen LogP contribution in [0, 0.1) is 13.8 Å². The Morgan fingerprint density at radius 2 is 1.50 bits per heavy atom. The standard InChI is InChI=1S/C23H26O3/c1-16-8-12-18(13-9-16)21-23(26-21,19-14-10-17(2)11-15-19)22(24)25-20-6-4-3-5-7-20/h8-15,20-21H,3-7H2,1-2H3. The number of aryl methyl sites for hydroxylation is 2. The monoisotopic (exact) mass is 350 g/mol. The van der Waals surface area contributed by atoms with Crippen molar-refractivity contribution in [3.63, 3.8) is 0 Å². The molecule has 2 aliphatic rings. The van der Waals surface area contributed by atoms with E-state index in [1.165, 1.54) is 12.0 Å². The van der Waals surface area contributed by atoms with Crippen LogP contribution in [0.25, 0.3) is 0 Å². The fourth-order valence-electron chi connectivity index (χ4n) is 3.91. The zero-order chi connectivity index (χ0) is 18.1. The third kappa shape index (κ3) is 3.16. The highest BCUT2D eigenvalue weighted by atomic mass is 16.7. The van der Waals surface area contributed by atoms with Crippen molar-refractivity contribution in [3.8, 4) is 0 Å². The lowest BCUT2D eigenvalue weighted by Crippen LogP contribution is -2.31. The molecule has 4 rings (SSSR count). The second-order valence-electron chi connectivity index (χ2n) is 7.68. The van der Waals surface area contributed by atoms with Crippen LogP contribution in [0.4, 0.5) is 0 Å². The van der Waals surface area contributed by atoms with Crippen molar-refractivity contribution in [2.24, 2.45) is 0 Å². The summed E-state index contributed by atoms with van der Waals surface area (Å²) in [5.41, 5.74) is 3.27. The number of esters is 1. The number of ether oxygens (including phenoxy) is 2. The van der Waals surface area contributed by atoms with Gasteiger partial charge in [0.05, 0.1) is 0 Å². The molecular weight excluding hydrogens is 324 g/mol. The van der Waals surface area contributed by atoms with E-state index in [9.17, 15) is 4.79 Å². The Morgan fingerprint density at radius 3 is 2.12 bits per heavy atom. The van der Waals surface area contributed by atoms with Crippen LogP contribution in [0.1, 0.15) is 60.5 Å². The molecule has 2 aromatic carbocycles. The normalized spacial score (nSPS) is 25.7. The molecule has 0 spiro atoms. The minimum absolute atomic E-state index is 0.0291. The van der Waals surface area contributed by atoms with E-state index in [1.807, 2.05) is 43.3 Å². The Morgan fingerprint density at radius 1 is 0.923 bits per heavy atom. The Bertz CT molecular complexity index is 772. The quantitative estimate of drug-likeness (QED) is 0.566. The molecule has 2 fully saturated rings. The van der Waals surface area contributed by atoms with Gasteiger partial charge in [0, 0.05) is 0 Å². The van der Waals surface area contributed by atoms with E-state index in [1.54, 1.807) is 0 Å². The van der Waals surface area contributed by atoms with Crippen molar-refractivity contribution in [3.05, 3.63) is 70.8 Å². The molecule has 2 unspecified atom stereocenters. The fourth-order valence-corrected chi connectivity index (χ4v) is 3.91. The van der Waals surface area contributed by atoms with E-state index in [4.69, 9.17) is 9.47 Å². The molecule has 0 aromatic heterocycles. The van der Waals surface area contributed by atoms with Crippen molar-refractivity contribution in [1.29, 1.82) is 0 Å². The number of epoxide rings is 1. The summed E-state index contributed by atoms with van der Waals surface area (Å²) in [7, 11) is 0. The number of carbonyl (C=O) groups is 1. The van der Waals surface area contributed by atoms with E-state index >= 15 is 0 Å². The molecule has 1 saturated heterocycles. The predicted molar refractivity (Wildman–Crippen MR) is 101 cm³/mol. The molecule has 0 radical (unpaired) electrons. The second-order valence-corrected chi connectivity index (χ2v) is 7.68. The van der Waals surface area contributed by atoms with Crippen LogP contribution < -0.4 is 0 Å². The van der Waals surface area contributed by atoms with Crippen LogP contribution in [0.2, 0.25) is 0 Å². The van der Waals surface area contributed by atoms with Gasteiger partial charge in [-0.25, -0.2) is 4.79 Å². The van der Waals surface area contributed by atoms with E-state index in [2.05, 4.69) is 19.1 Å². The SMILES string of the molecule is Cc1ccc(C2OC2(C(=O)OC2CCCCC2)c2ccc(C)cc2)cc1. The van der Waals surface area contributed by atoms with Crippen LogP contribution in [0.15, 0.2) is 48.5 Å². The van der Waals surface area contributed by atoms with Crippen molar-refractivity contribution < 1.29 is 14.3 Å². The summed E-state index contributed by atoms with van der Waals surface area (Å²) in [4.78, 5) is 13.2. The number of benzene rings is 2. The van der Waals surface area contributed by atoms with E-state index in [0.717, 1.165) is 42.4 Å². The number of carbonyl (C=O) groups excluding carboxylic acids is 1. The van der Waals surface area contributed by atoms with Crippen molar-refractivity contribution >= 4 is 5.97 Å². The number of hydrogen-bond acceptors (Lipinski definition) is 3. The first-order valence-corrected chi connectivity index (χ1v) is 9.62. The van der Waals surface area contributed by atoms with Crippen molar-refractivity contribution in [2.75, 3.05) is 0 Å². The largest absolute Gasteiger partial charge is 0.460 e. The molecule has 3 heteroatoms. The van der Waals surface area contributed by atoms with Crippen LogP contribution in [-0.4, -0.2) is 12.1 Å². The summed E-state index contributed by atoms with van der Waals surface area (Å²) in [5, 5.41) is 0. The maximum Gasteiger partial charge on any atom is 0.346 e. The van der Waals surface area contributed by atoms with Gasteiger partial charge in [0.25, 0.3) is 0 Å². The molecule has 2 aromatic rings. The van der Waals surface area contributed by atoms with Crippen LogP contribution in [0.3, 0.4) is 0 Å². The lowest BCUT2D eigenvalue weighted by Gasteiger charge is -2.24. The van der Waals surface area contributed by atoms with E-state index in [-0.39, 0.29) is 18.2 Å². The minimum Gasteiger partial charge on any atom is -0.460 e. The first kappa shape index (κ1) is 17.3. The van der Waals surface area contributed by atoms with E-state index < -0.39 is 5.60 Å². The highest BCUT2D eigenvalue weighted by molar-refractivity contribution is 5.86. The van der Waals surface area contributed by atoms with Gasteiger partial charge in [-0.3, -0.25) is 0 Å². The average Bonchev–Trinajstić information content (AvgIpc) is 3.41. The first-order chi connectivity index (χ1) is 12.6. The van der Waals surface area contributed by atoms with E-state index in [0.29, 0.717) is 0 Å². The lowest BCUT2D eigenvalue weighted by atomic mass is 9.90. The molecule has 3 nitrogen and oxygen atoms in total. The summed E-state index contributed by atoms with van der Waals surface area (Å²) >= 11 is 0. The van der Waals surface area contributed by atoms with Gasteiger partial charge >= 0.3 is 5.97 Å². The summed E-state index contributed by atoms with van der Waals surface area (Å²) in [6.45, 7) is 4.10. The number of rotatable bonds is 4. The van der Waals surface area contributed by atoms with Crippen molar-refractivity contribution in [1.82, 2.24) is 0 Å². The molecule has 1 saturated carbocycles. The van der Waals surface area contributed by atoms with Gasteiger partial charge < -0.3 is 9.47 Å². The van der Waals surface area contributed by atoms with Gasteiger partial charge in [-0.2, -0.15) is 0 Å². The number of hydrogen-bond donors (Lipinski definition) is 0. The summed E-state index contributed by atoms with van der Waals surface area (Å²) in [6.07, 6.45) is 5.19. The molecule has 0 N–H and O–H groups in total. The smallest absolute Gasteiger partial charge is 0.346 e. The van der Waals surface area contributed by atoms with Gasteiger partial charge in [0.2, 0.25) is 5.60 Å². The average molecular weight is 350 g/mol. The molecule has 0 bridgehead atoms. The summed E-state index contributed by atoms with van der Waals surface area (Å²) in [5.74, 6) is -0.237. The Labute approximate surface area is 155 Å². The highest BCUT2D eigenvalue weighted by Gasteiger charge is 2.66. The van der Waals surface area contributed by atoms with Gasteiger partial charge in [-0.1, -0.05) is 66.1 Å². The van der Waals surface area contributed by atoms with Gasteiger partial charge in [0.15, 0.2) is 0 Å². The topological polar surface area (TPSA) is 38.8 Å². The zero-order valence-corrected chi connectivity index (χ0v) is 15.5. The Kier molecular flexibility index (Phi) is 4.58. The second kappa shape index (κ2) is 6.88. The highest BCUT2D eigenvalue weighted by Crippen LogP contribution is 2.58. The maximum atomic E-state index is 13.2. The summed E-state index contributed by atoms with van der Waals surface area (Å²) in [6, 6.07) is 16.2. The van der Waals surface area contributed by atoms with Gasteiger partial charge in [-0.15, -0.1) is 0 Å². The van der Waals surface area contributed by atoms with Crippen LogP contribution in [-0.2, 0) is 19.9 Å². The Balaban J connectivity index is 1.63. The molecule has 1 aliphatic carbocycles. The van der Waals surface area contributed by atoms with Gasteiger partial charge in [-0.05, 0) is 50.7 Å². The summed E-state index contributed by atoms with van der Waals surface area (Å²) < 4.78 is 12.0. The molecular formula is C23H26O3. The molecule has 1 heterocycles. The first-order valence-electron chi connectivity index (χ1n) is 9.62. The third-order valence-electron chi connectivity index (χ3n) is 5.61. The van der Waals surface area contributed by atoms with Gasteiger partial charge in [0.1, 0.15) is 12.2 Å². The van der Waals surface area contributed by atoms with Crippen LogP contribution in [0.5, 0.6) is 0 Å². The molecule has 1 aliphatic heterocycles. The fraction of sp³-hybridized carbons (Fsp3) is 0.435. The minimum atomic E-state index is -1.000. The lowest BCUT2D eigenvalue weighted by molar-refractivity contribution is -0.157. The van der Waals surface area contributed by atoms with Crippen molar-refractivity contribution in [2.45, 2.75) is 63.8 Å². The maximum absolute atomic E-state index is 13.2. The molecule has 2 atom stereocenters. The molecule has 26 heavy (non-hydrogen) atoms. The van der Waals surface area contributed by atoms with Crippen LogP contribution >= 0.6 is 0 Å². The zero-order valence-electron chi connectivity index (χ0n) is 15.5. The molecule has 0 amide bonds. The molecule has 136 valence electrons.